The quantitative estimate of drug-likeness (QED) is 0.850. The van der Waals surface area contributed by atoms with E-state index < -0.39 is 11.8 Å². The average molecular weight is 283 g/mol. The number of aromatic carboxylic acids is 1. The number of carboxylic acids is 1. The normalized spacial score (nSPS) is 10.2. The number of hydrogen-bond acceptors (Lipinski definition) is 4. The predicted octanol–water partition coefficient (Wildman–Crippen LogP) is 1.22. The Morgan fingerprint density at radius 2 is 2.05 bits per heavy atom. The molecule has 0 unspecified atom stereocenters. The van der Waals surface area contributed by atoms with Crippen molar-refractivity contribution in [2.24, 2.45) is 0 Å². The van der Waals surface area contributed by atoms with Crippen LogP contribution in [0, 0.1) is 5.82 Å². The Morgan fingerprint density at radius 1 is 1.40 bits per heavy atom. The first kappa shape index (κ1) is 15.9. The first-order valence-corrected chi connectivity index (χ1v) is 6.20. The monoisotopic (exact) mass is 283 g/mol. The van der Waals surface area contributed by atoms with Crippen LogP contribution in [0.5, 0.6) is 0 Å². The zero-order valence-corrected chi connectivity index (χ0v) is 11.8. The molecule has 1 rings (SSSR count). The lowest BCUT2D eigenvalue weighted by Gasteiger charge is -2.25. The van der Waals surface area contributed by atoms with Gasteiger partial charge in [-0.2, -0.15) is 0 Å². The number of carbonyl (C=O) groups is 2. The van der Waals surface area contributed by atoms with Crippen molar-refractivity contribution in [1.82, 2.24) is 9.88 Å². The molecule has 1 N–H and O–H groups in total. The van der Waals surface area contributed by atoms with Crippen LogP contribution in [0.15, 0.2) is 12.3 Å². The standard InChI is InChI=1S/C13H18FN3O3/c1-4-5-17(8-11(18)16(2)3)12-10(13(19)20)6-9(14)7-15-12/h6-7H,4-5,8H2,1-3H3,(H,19,20). The van der Waals surface area contributed by atoms with Gasteiger partial charge in [-0.25, -0.2) is 14.2 Å². The van der Waals surface area contributed by atoms with Gasteiger partial charge in [-0.15, -0.1) is 0 Å². The fraction of sp³-hybridized carbons (Fsp3) is 0.462. The van der Waals surface area contributed by atoms with Crippen LogP contribution in [0.25, 0.3) is 0 Å². The van der Waals surface area contributed by atoms with Crippen LogP contribution in [0.4, 0.5) is 10.2 Å². The fourth-order valence-corrected chi connectivity index (χ4v) is 1.68. The van der Waals surface area contributed by atoms with E-state index in [2.05, 4.69) is 4.98 Å². The summed E-state index contributed by atoms with van der Waals surface area (Å²) in [7, 11) is 3.23. The van der Waals surface area contributed by atoms with Gasteiger partial charge in [0.2, 0.25) is 5.91 Å². The molecule has 0 spiro atoms. The van der Waals surface area contributed by atoms with Gasteiger partial charge in [-0.1, -0.05) is 6.92 Å². The minimum absolute atomic E-state index is 0.000246. The molecule has 1 aromatic rings. The number of rotatable bonds is 6. The van der Waals surface area contributed by atoms with Crippen molar-refractivity contribution in [2.45, 2.75) is 13.3 Å². The van der Waals surface area contributed by atoms with Crippen LogP contribution in [0.1, 0.15) is 23.7 Å². The van der Waals surface area contributed by atoms with E-state index >= 15 is 0 Å². The van der Waals surface area contributed by atoms with Crippen LogP contribution < -0.4 is 4.90 Å². The third-order valence-corrected chi connectivity index (χ3v) is 2.68. The second-order valence-corrected chi connectivity index (χ2v) is 4.54. The molecule has 0 atom stereocenters. The molecule has 0 aromatic carbocycles. The topological polar surface area (TPSA) is 73.7 Å². The number of likely N-dealkylation sites (N-methyl/N-ethyl adjacent to an activating group) is 1. The number of hydrogen-bond donors (Lipinski definition) is 1. The number of pyridine rings is 1. The molecule has 7 heteroatoms. The van der Waals surface area contributed by atoms with Gasteiger partial charge in [0.15, 0.2) is 0 Å². The first-order valence-electron chi connectivity index (χ1n) is 6.20. The second kappa shape index (κ2) is 6.83. The van der Waals surface area contributed by atoms with Crippen molar-refractivity contribution in [3.8, 4) is 0 Å². The van der Waals surface area contributed by atoms with Gasteiger partial charge in [0.1, 0.15) is 17.2 Å². The molecule has 20 heavy (non-hydrogen) atoms. The molecule has 0 aliphatic carbocycles. The lowest BCUT2D eigenvalue weighted by molar-refractivity contribution is -0.127. The van der Waals surface area contributed by atoms with Crippen LogP contribution in [-0.4, -0.2) is 54.1 Å². The maximum absolute atomic E-state index is 13.1. The lowest BCUT2D eigenvalue weighted by atomic mass is 10.2. The molecule has 0 fully saturated rings. The minimum Gasteiger partial charge on any atom is -0.478 e. The van der Waals surface area contributed by atoms with E-state index in [1.54, 1.807) is 19.0 Å². The molecule has 1 amide bonds. The summed E-state index contributed by atoms with van der Waals surface area (Å²) < 4.78 is 13.1. The zero-order valence-electron chi connectivity index (χ0n) is 11.8. The van der Waals surface area contributed by atoms with E-state index in [-0.39, 0.29) is 23.8 Å². The van der Waals surface area contributed by atoms with Gasteiger partial charge in [-0.05, 0) is 12.5 Å². The highest BCUT2D eigenvalue weighted by Crippen LogP contribution is 2.19. The number of nitrogens with zero attached hydrogens (tertiary/aromatic N) is 3. The fourth-order valence-electron chi connectivity index (χ4n) is 1.68. The van der Waals surface area contributed by atoms with Gasteiger partial charge in [0.05, 0.1) is 12.7 Å². The van der Waals surface area contributed by atoms with Crippen molar-refractivity contribution in [2.75, 3.05) is 32.1 Å². The Hall–Kier alpha value is -2.18. The second-order valence-electron chi connectivity index (χ2n) is 4.54. The van der Waals surface area contributed by atoms with Crippen molar-refractivity contribution in [3.05, 3.63) is 23.6 Å². The van der Waals surface area contributed by atoms with Gasteiger partial charge >= 0.3 is 5.97 Å². The van der Waals surface area contributed by atoms with Crippen molar-refractivity contribution in [1.29, 1.82) is 0 Å². The van der Waals surface area contributed by atoms with E-state index in [1.165, 1.54) is 4.90 Å². The number of carboxylic acid groups (broad SMARTS) is 1. The molecule has 6 nitrogen and oxygen atoms in total. The Labute approximate surface area is 116 Å². The summed E-state index contributed by atoms with van der Waals surface area (Å²) in [6.07, 6.45) is 1.66. The Balaban J connectivity index is 3.14. The maximum atomic E-state index is 13.1. The summed E-state index contributed by atoms with van der Waals surface area (Å²) in [6, 6.07) is 0.910. The summed E-state index contributed by atoms with van der Waals surface area (Å²) >= 11 is 0. The predicted molar refractivity (Wildman–Crippen MR) is 72.4 cm³/mol. The zero-order chi connectivity index (χ0) is 15.3. The van der Waals surface area contributed by atoms with Gasteiger partial charge in [0.25, 0.3) is 0 Å². The van der Waals surface area contributed by atoms with Crippen molar-refractivity contribution >= 4 is 17.7 Å². The molecule has 0 saturated heterocycles. The highest BCUT2D eigenvalue weighted by atomic mass is 19.1. The molecular weight excluding hydrogens is 265 g/mol. The van der Waals surface area contributed by atoms with Crippen LogP contribution in [-0.2, 0) is 4.79 Å². The van der Waals surface area contributed by atoms with E-state index in [9.17, 15) is 14.0 Å². The van der Waals surface area contributed by atoms with Gasteiger partial charge in [0, 0.05) is 20.6 Å². The molecule has 1 heterocycles. The molecule has 0 aliphatic rings. The Morgan fingerprint density at radius 3 is 2.55 bits per heavy atom. The summed E-state index contributed by atoms with van der Waals surface area (Å²) in [6.45, 7) is 2.36. The highest BCUT2D eigenvalue weighted by Gasteiger charge is 2.20. The third kappa shape index (κ3) is 3.91. The number of amides is 1. The summed E-state index contributed by atoms with van der Waals surface area (Å²) in [5.41, 5.74) is -0.245. The lowest BCUT2D eigenvalue weighted by Crippen LogP contribution is -2.38. The largest absolute Gasteiger partial charge is 0.478 e. The van der Waals surface area contributed by atoms with Crippen molar-refractivity contribution < 1.29 is 19.1 Å². The van der Waals surface area contributed by atoms with E-state index in [1.807, 2.05) is 6.92 Å². The minimum atomic E-state index is -1.27. The summed E-state index contributed by atoms with van der Waals surface area (Å²) in [4.78, 5) is 29.7. The van der Waals surface area contributed by atoms with Gasteiger partial charge in [-0.3, -0.25) is 4.79 Å². The highest BCUT2D eigenvalue weighted by molar-refractivity contribution is 5.94. The maximum Gasteiger partial charge on any atom is 0.339 e. The number of anilines is 1. The molecular formula is C13H18FN3O3. The number of halogens is 1. The summed E-state index contributed by atoms with van der Waals surface area (Å²) in [5.74, 6) is -2.07. The molecule has 0 bridgehead atoms. The van der Waals surface area contributed by atoms with Crippen molar-refractivity contribution in [3.63, 3.8) is 0 Å². The smallest absolute Gasteiger partial charge is 0.339 e. The molecule has 0 saturated carbocycles. The van der Waals surface area contributed by atoms with Crippen LogP contribution >= 0.6 is 0 Å². The SMILES string of the molecule is CCCN(CC(=O)N(C)C)c1ncc(F)cc1C(=O)O. The third-order valence-electron chi connectivity index (χ3n) is 2.68. The van der Waals surface area contributed by atoms with E-state index in [0.717, 1.165) is 12.3 Å². The Kier molecular flexibility index (Phi) is 5.42. The van der Waals surface area contributed by atoms with Crippen LogP contribution in [0.3, 0.4) is 0 Å². The summed E-state index contributed by atoms with van der Waals surface area (Å²) in [5, 5.41) is 9.12. The van der Waals surface area contributed by atoms with E-state index in [0.29, 0.717) is 13.0 Å². The average Bonchev–Trinajstić information content (AvgIpc) is 2.37. The molecule has 0 radical (unpaired) electrons. The first-order chi connectivity index (χ1) is 9.36. The molecule has 0 aliphatic heterocycles. The molecule has 1 aromatic heterocycles. The number of carbonyl (C=O) groups excluding carboxylic acids is 1. The van der Waals surface area contributed by atoms with Crippen LogP contribution in [0.2, 0.25) is 0 Å². The van der Waals surface area contributed by atoms with Gasteiger partial charge < -0.3 is 14.9 Å². The number of aromatic nitrogens is 1. The van der Waals surface area contributed by atoms with E-state index in [4.69, 9.17) is 5.11 Å². The molecule has 110 valence electrons. The Bertz CT molecular complexity index is 506.